The molecule has 1 heterocycles. The Hall–Kier alpha value is -8.40. The quantitative estimate of drug-likeness (QED) is 0.166. The molecular formula is C61H40N2O. The van der Waals surface area contributed by atoms with Gasteiger partial charge >= 0.3 is 0 Å². The molecule has 10 aromatic rings. The average Bonchev–Trinajstić information content (AvgIpc) is 3.84. The molecule has 1 aliphatic heterocycles. The van der Waals surface area contributed by atoms with Gasteiger partial charge in [-0.3, -0.25) is 0 Å². The number of benzene rings is 10. The smallest absolute Gasteiger partial charge is 0.159 e. The summed E-state index contributed by atoms with van der Waals surface area (Å²) in [5, 5.41) is 0. The molecule has 0 saturated carbocycles. The standard InChI is InChI=1S/C61H40N2O/c1-3-17-41(18-4-1)42-33-37-45(38-34-42)62(46-39-35-43(36-40-46)47-24-15-31-57-60(47)64-58-32-14-13-29-55(58)63(57)44-19-5-2-6-20-44)56-30-16-28-54-59(56)50-23-9-12-27-53(50)61(54)51-25-10-7-21-48(51)49-22-8-11-26-52(49)61/h1-40H. The summed E-state index contributed by atoms with van der Waals surface area (Å²) in [5.41, 5.74) is 20.9. The summed E-state index contributed by atoms with van der Waals surface area (Å²) < 4.78 is 6.81. The van der Waals surface area contributed by atoms with E-state index in [0.29, 0.717) is 0 Å². The van der Waals surface area contributed by atoms with Crippen molar-refractivity contribution < 1.29 is 4.74 Å². The molecule has 3 nitrogen and oxygen atoms in total. The van der Waals surface area contributed by atoms with E-state index in [4.69, 9.17) is 4.74 Å². The molecule has 10 aromatic carbocycles. The van der Waals surface area contributed by atoms with Crippen LogP contribution in [0.2, 0.25) is 0 Å². The van der Waals surface area contributed by atoms with Gasteiger partial charge in [-0.15, -0.1) is 0 Å². The van der Waals surface area contributed by atoms with Crippen LogP contribution in [0.3, 0.4) is 0 Å². The van der Waals surface area contributed by atoms with Crippen LogP contribution in [0, 0.1) is 0 Å². The van der Waals surface area contributed by atoms with E-state index >= 15 is 0 Å². The van der Waals surface area contributed by atoms with Gasteiger partial charge in [0.25, 0.3) is 0 Å². The fourth-order valence-electron chi connectivity index (χ4n) is 10.8. The fourth-order valence-corrected chi connectivity index (χ4v) is 10.8. The minimum absolute atomic E-state index is 0.444. The number of rotatable bonds is 6. The molecule has 0 fully saturated rings. The van der Waals surface area contributed by atoms with Crippen LogP contribution >= 0.6 is 0 Å². The SMILES string of the molecule is c1ccc(-c2ccc(N(c3ccc(-c4cccc5c4Oc4ccccc4N5c4ccccc4)cc3)c3cccc4c3-c3ccccc3C43c4ccccc4-c4ccccc43)cc2)cc1. The normalized spacial score (nSPS) is 13.2. The second-order valence-corrected chi connectivity index (χ2v) is 16.8. The molecular weight excluding hydrogens is 777 g/mol. The summed E-state index contributed by atoms with van der Waals surface area (Å²) in [6, 6.07) is 88.0. The first-order chi connectivity index (χ1) is 31.8. The molecule has 0 amide bonds. The van der Waals surface area contributed by atoms with E-state index in [1.807, 2.05) is 6.07 Å². The monoisotopic (exact) mass is 816 g/mol. The van der Waals surface area contributed by atoms with Crippen molar-refractivity contribution in [2.75, 3.05) is 9.80 Å². The van der Waals surface area contributed by atoms with Crippen LogP contribution in [-0.2, 0) is 5.41 Å². The van der Waals surface area contributed by atoms with Crippen molar-refractivity contribution >= 4 is 34.1 Å². The number of hydrogen-bond donors (Lipinski definition) is 0. The largest absolute Gasteiger partial charge is 0.452 e. The second-order valence-electron chi connectivity index (χ2n) is 16.8. The number of nitrogens with zero attached hydrogens (tertiary/aromatic N) is 2. The predicted octanol–water partition coefficient (Wildman–Crippen LogP) is 16.4. The molecule has 3 heteroatoms. The number of para-hydroxylation sites is 4. The van der Waals surface area contributed by atoms with E-state index in [1.54, 1.807) is 0 Å². The summed E-state index contributed by atoms with van der Waals surface area (Å²) >= 11 is 0. The number of fused-ring (bicyclic) bond motifs is 12. The molecule has 0 bridgehead atoms. The lowest BCUT2D eigenvalue weighted by molar-refractivity contribution is 0.479. The van der Waals surface area contributed by atoms with Gasteiger partial charge in [-0.25, -0.2) is 0 Å². The van der Waals surface area contributed by atoms with Gasteiger partial charge in [-0.1, -0.05) is 182 Å². The Bertz CT molecular complexity index is 3370. The van der Waals surface area contributed by atoms with Gasteiger partial charge in [-0.2, -0.15) is 0 Å². The third-order valence-electron chi connectivity index (χ3n) is 13.5. The van der Waals surface area contributed by atoms with E-state index in [-0.39, 0.29) is 0 Å². The number of hydrogen-bond acceptors (Lipinski definition) is 3. The van der Waals surface area contributed by atoms with Gasteiger partial charge in [0, 0.05) is 28.2 Å². The molecule has 13 rings (SSSR count). The first-order valence-electron chi connectivity index (χ1n) is 22.0. The zero-order valence-corrected chi connectivity index (χ0v) is 34.9. The highest BCUT2D eigenvalue weighted by molar-refractivity contribution is 6.01. The Morgan fingerprint density at radius 1 is 0.344 bits per heavy atom. The Morgan fingerprint density at radius 3 is 1.52 bits per heavy atom. The molecule has 0 radical (unpaired) electrons. The summed E-state index contributed by atoms with van der Waals surface area (Å²) in [7, 11) is 0. The van der Waals surface area contributed by atoms with Crippen molar-refractivity contribution in [3.63, 3.8) is 0 Å². The number of ether oxygens (including phenoxy) is 1. The molecule has 64 heavy (non-hydrogen) atoms. The molecule has 1 spiro atoms. The van der Waals surface area contributed by atoms with Crippen molar-refractivity contribution in [3.8, 4) is 56.0 Å². The lowest BCUT2D eigenvalue weighted by Gasteiger charge is -2.34. The molecule has 0 aromatic heterocycles. The minimum Gasteiger partial charge on any atom is -0.452 e. The van der Waals surface area contributed by atoms with Crippen LogP contribution < -0.4 is 14.5 Å². The minimum atomic E-state index is -0.444. The Morgan fingerprint density at radius 2 is 0.828 bits per heavy atom. The van der Waals surface area contributed by atoms with Gasteiger partial charge in [0.2, 0.25) is 0 Å². The summed E-state index contributed by atoms with van der Waals surface area (Å²) in [4.78, 5) is 4.75. The summed E-state index contributed by atoms with van der Waals surface area (Å²) in [5.74, 6) is 1.67. The highest BCUT2D eigenvalue weighted by Gasteiger charge is 2.52. The van der Waals surface area contributed by atoms with Crippen LogP contribution in [-0.4, -0.2) is 0 Å². The lowest BCUT2D eigenvalue weighted by atomic mass is 9.70. The third kappa shape index (κ3) is 5.28. The topological polar surface area (TPSA) is 15.7 Å². The van der Waals surface area contributed by atoms with Gasteiger partial charge < -0.3 is 14.5 Å². The van der Waals surface area contributed by atoms with E-state index in [1.165, 1.54) is 55.6 Å². The zero-order chi connectivity index (χ0) is 42.2. The van der Waals surface area contributed by atoms with Crippen molar-refractivity contribution in [3.05, 3.63) is 265 Å². The van der Waals surface area contributed by atoms with E-state index < -0.39 is 5.41 Å². The van der Waals surface area contributed by atoms with Gasteiger partial charge in [0.15, 0.2) is 11.5 Å². The van der Waals surface area contributed by atoms with Gasteiger partial charge in [-0.05, 0) is 116 Å². The molecule has 0 saturated heterocycles. The lowest BCUT2D eigenvalue weighted by Crippen LogP contribution is -2.26. The van der Waals surface area contributed by atoms with Crippen LogP contribution in [0.1, 0.15) is 22.3 Å². The molecule has 3 aliphatic rings. The highest BCUT2D eigenvalue weighted by Crippen LogP contribution is 2.65. The first-order valence-corrected chi connectivity index (χ1v) is 22.0. The second kappa shape index (κ2) is 14.3. The maximum Gasteiger partial charge on any atom is 0.159 e. The van der Waals surface area contributed by atoms with Crippen LogP contribution in [0.5, 0.6) is 11.5 Å². The van der Waals surface area contributed by atoms with Crippen LogP contribution in [0.15, 0.2) is 243 Å². The molecule has 0 N–H and O–H groups in total. The van der Waals surface area contributed by atoms with Crippen molar-refractivity contribution in [2.24, 2.45) is 0 Å². The Kier molecular flexibility index (Phi) is 8.13. The van der Waals surface area contributed by atoms with Crippen molar-refractivity contribution in [1.82, 2.24) is 0 Å². The predicted molar refractivity (Wildman–Crippen MR) is 263 cm³/mol. The van der Waals surface area contributed by atoms with Gasteiger partial charge in [0.05, 0.1) is 22.5 Å². The molecule has 0 atom stereocenters. The summed E-state index contributed by atoms with van der Waals surface area (Å²) in [6.45, 7) is 0. The van der Waals surface area contributed by atoms with Crippen LogP contribution in [0.25, 0.3) is 44.5 Å². The van der Waals surface area contributed by atoms with Gasteiger partial charge in [0.1, 0.15) is 0 Å². The molecule has 300 valence electrons. The highest BCUT2D eigenvalue weighted by atomic mass is 16.5. The van der Waals surface area contributed by atoms with E-state index in [0.717, 1.165) is 56.8 Å². The van der Waals surface area contributed by atoms with Crippen molar-refractivity contribution in [2.45, 2.75) is 5.41 Å². The fraction of sp³-hybridized carbons (Fsp3) is 0.0164. The zero-order valence-electron chi connectivity index (χ0n) is 34.9. The van der Waals surface area contributed by atoms with E-state index in [9.17, 15) is 0 Å². The maximum absolute atomic E-state index is 6.81. The Balaban J connectivity index is 0.990. The number of anilines is 6. The molecule has 2 aliphatic carbocycles. The first kappa shape index (κ1) is 36.3. The van der Waals surface area contributed by atoms with Crippen LogP contribution in [0.4, 0.5) is 34.1 Å². The molecule has 0 unspecified atom stereocenters. The summed E-state index contributed by atoms with van der Waals surface area (Å²) in [6.07, 6.45) is 0. The third-order valence-corrected chi connectivity index (χ3v) is 13.5. The van der Waals surface area contributed by atoms with Crippen molar-refractivity contribution in [1.29, 1.82) is 0 Å². The Labute approximate surface area is 373 Å². The average molecular weight is 817 g/mol. The van der Waals surface area contributed by atoms with E-state index in [2.05, 4.69) is 246 Å². The maximum atomic E-state index is 6.81.